The van der Waals surface area contributed by atoms with Crippen LogP contribution in [0.2, 0.25) is 0 Å². The highest BCUT2D eigenvalue weighted by molar-refractivity contribution is 7.20. The van der Waals surface area contributed by atoms with Crippen molar-refractivity contribution in [3.63, 3.8) is 0 Å². The second kappa shape index (κ2) is 7.34. The molecule has 0 saturated heterocycles. The molecule has 0 unspecified atom stereocenters. The second-order valence-electron chi connectivity index (χ2n) is 7.07. The van der Waals surface area contributed by atoms with Gasteiger partial charge in [0.05, 0.1) is 5.69 Å². The van der Waals surface area contributed by atoms with Gasteiger partial charge in [-0.1, -0.05) is 36.4 Å². The maximum Gasteiger partial charge on any atom is 0.435 e. The highest BCUT2D eigenvalue weighted by Gasteiger charge is 2.32. The Bertz CT molecular complexity index is 1220. The van der Waals surface area contributed by atoms with Crippen LogP contribution in [0.1, 0.15) is 21.7 Å². The Labute approximate surface area is 174 Å². The van der Waals surface area contributed by atoms with Gasteiger partial charge in [0.25, 0.3) is 0 Å². The van der Waals surface area contributed by atoms with E-state index in [9.17, 15) is 13.2 Å². The number of benzene rings is 2. The van der Waals surface area contributed by atoms with Gasteiger partial charge >= 0.3 is 6.18 Å². The van der Waals surface area contributed by atoms with Crippen molar-refractivity contribution >= 4 is 27.0 Å². The molecule has 150 valence electrons. The van der Waals surface area contributed by atoms with Crippen molar-refractivity contribution in [3.8, 4) is 11.3 Å². The van der Waals surface area contributed by atoms with Gasteiger partial charge in [0.2, 0.25) is 0 Å². The van der Waals surface area contributed by atoms with Gasteiger partial charge in [0.1, 0.15) is 0 Å². The normalized spacial score (nSPS) is 14.3. The Hall–Kier alpha value is -3.03. The zero-order valence-corrected chi connectivity index (χ0v) is 16.5. The number of hydrogen-bond donors (Lipinski definition) is 1. The summed E-state index contributed by atoms with van der Waals surface area (Å²) in [5, 5.41) is 11.7. The maximum atomic E-state index is 12.8. The first-order chi connectivity index (χ1) is 14.5. The van der Waals surface area contributed by atoms with Gasteiger partial charge in [0, 0.05) is 28.2 Å². The largest absolute Gasteiger partial charge is 0.435 e. The lowest BCUT2D eigenvalue weighted by atomic mass is 9.95. The lowest BCUT2D eigenvalue weighted by Crippen LogP contribution is -2.11. The standard InChI is InChI=1S/C23H16F3N3S/c24-23(25,26)22-8-7-19(28-29-22)14-5-6-17-16(11-14)13-27-10-9-18(17)21-12-15-3-1-2-4-20(15)30-21/h1-9,11-12,27H,10,13H2. The predicted molar refractivity (Wildman–Crippen MR) is 113 cm³/mol. The number of alkyl halides is 3. The van der Waals surface area contributed by atoms with Crippen LogP contribution >= 0.6 is 11.3 Å². The van der Waals surface area contributed by atoms with Gasteiger partial charge in [-0.15, -0.1) is 21.5 Å². The fraction of sp³-hybridized carbons (Fsp3) is 0.130. The first-order valence-electron chi connectivity index (χ1n) is 9.43. The van der Waals surface area contributed by atoms with Gasteiger partial charge < -0.3 is 5.32 Å². The number of aromatic nitrogens is 2. The number of nitrogens with zero attached hydrogens (tertiary/aromatic N) is 2. The molecular formula is C23H16F3N3S. The van der Waals surface area contributed by atoms with E-state index in [1.165, 1.54) is 26.6 Å². The molecule has 5 rings (SSSR count). The number of nitrogens with one attached hydrogen (secondary N) is 1. The van der Waals surface area contributed by atoms with Crippen LogP contribution in [0.5, 0.6) is 0 Å². The SMILES string of the molecule is FC(F)(F)c1ccc(-c2ccc3c(c2)CNCC=C3c2cc3ccccc3s2)nn1. The minimum atomic E-state index is -4.49. The van der Waals surface area contributed by atoms with E-state index in [0.29, 0.717) is 12.2 Å². The average molecular weight is 423 g/mol. The Morgan fingerprint density at radius 2 is 1.80 bits per heavy atom. The third-order valence-electron chi connectivity index (χ3n) is 5.10. The first-order valence-corrected chi connectivity index (χ1v) is 10.2. The average Bonchev–Trinajstić information content (AvgIpc) is 3.06. The van der Waals surface area contributed by atoms with Gasteiger partial charge in [-0.05, 0) is 52.4 Å². The molecule has 0 radical (unpaired) electrons. The summed E-state index contributed by atoms with van der Waals surface area (Å²) < 4.78 is 39.5. The fourth-order valence-electron chi connectivity index (χ4n) is 3.64. The summed E-state index contributed by atoms with van der Waals surface area (Å²) in [5.74, 6) is 0. The molecule has 0 saturated carbocycles. The Morgan fingerprint density at radius 3 is 2.57 bits per heavy atom. The summed E-state index contributed by atoms with van der Waals surface area (Å²) >= 11 is 1.76. The molecule has 1 aliphatic rings. The highest BCUT2D eigenvalue weighted by Crippen LogP contribution is 2.37. The number of thiophene rings is 1. The molecule has 30 heavy (non-hydrogen) atoms. The van der Waals surface area contributed by atoms with E-state index in [4.69, 9.17) is 0 Å². The molecule has 7 heteroatoms. The topological polar surface area (TPSA) is 37.8 Å². The molecule has 4 aromatic rings. The van der Waals surface area contributed by atoms with E-state index in [-0.39, 0.29) is 0 Å². The van der Waals surface area contributed by atoms with Gasteiger partial charge in [-0.2, -0.15) is 13.2 Å². The first kappa shape index (κ1) is 19.0. The van der Waals surface area contributed by atoms with Crippen molar-refractivity contribution < 1.29 is 13.2 Å². The zero-order valence-electron chi connectivity index (χ0n) is 15.7. The van der Waals surface area contributed by atoms with E-state index in [0.717, 1.165) is 29.3 Å². The minimum Gasteiger partial charge on any atom is -0.309 e. The van der Waals surface area contributed by atoms with E-state index in [1.54, 1.807) is 11.3 Å². The molecule has 2 aromatic heterocycles. The summed E-state index contributed by atoms with van der Waals surface area (Å²) in [4.78, 5) is 1.20. The smallest absolute Gasteiger partial charge is 0.309 e. The predicted octanol–water partition coefficient (Wildman–Crippen LogP) is 5.91. The van der Waals surface area contributed by atoms with Crippen molar-refractivity contribution in [2.45, 2.75) is 12.7 Å². The van der Waals surface area contributed by atoms with Crippen LogP contribution in [0, 0.1) is 0 Å². The molecule has 0 spiro atoms. The lowest BCUT2D eigenvalue weighted by Gasteiger charge is -2.12. The zero-order chi connectivity index (χ0) is 20.7. The molecule has 3 heterocycles. The minimum absolute atomic E-state index is 0.419. The van der Waals surface area contributed by atoms with Gasteiger partial charge in [-0.25, -0.2) is 0 Å². The summed E-state index contributed by atoms with van der Waals surface area (Å²) in [6.45, 7) is 1.41. The van der Waals surface area contributed by atoms with Crippen molar-refractivity contribution in [1.82, 2.24) is 15.5 Å². The van der Waals surface area contributed by atoms with Crippen LogP contribution in [0.4, 0.5) is 13.2 Å². The summed E-state index contributed by atoms with van der Waals surface area (Å²) in [6, 6.07) is 18.7. The monoisotopic (exact) mass is 423 g/mol. The molecule has 2 aromatic carbocycles. The summed E-state index contributed by atoms with van der Waals surface area (Å²) in [7, 11) is 0. The summed E-state index contributed by atoms with van der Waals surface area (Å²) in [6.07, 6.45) is -2.30. The van der Waals surface area contributed by atoms with Crippen LogP contribution in [-0.2, 0) is 12.7 Å². The van der Waals surface area contributed by atoms with E-state index >= 15 is 0 Å². The van der Waals surface area contributed by atoms with Gasteiger partial charge in [0.15, 0.2) is 5.69 Å². The van der Waals surface area contributed by atoms with E-state index in [2.05, 4.69) is 39.8 Å². The molecule has 3 nitrogen and oxygen atoms in total. The number of rotatable bonds is 2. The van der Waals surface area contributed by atoms with Crippen LogP contribution < -0.4 is 5.32 Å². The van der Waals surface area contributed by atoms with Crippen LogP contribution in [0.3, 0.4) is 0 Å². The second-order valence-corrected chi connectivity index (χ2v) is 8.15. The summed E-state index contributed by atoms with van der Waals surface area (Å²) in [5.41, 5.74) is 3.54. The number of fused-ring (bicyclic) bond motifs is 2. The van der Waals surface area contributed by atoms with Gasteiger partial charge in [-0.3, -0.25) is 0 Å². The molecule has 0 atom stereocenters. The third-order valence-corrected chi connectivity index (χ3v) is 6.25. The maximum absolute atomic E-state index is 12.8. The van der Waals surface area contributed by atoms with Crippen molar-refractivity contribution in [1.29, 1.82) is 0 Å². The molecule has 1 N–H and O–H groups in total. The molecule has 0 fully saturated rings. The third kappa shape index (κ3) is 3.51. The highest BCUT2D eigenvalue weighted by atomic mass is 32.1. The number of hydrogen-bond acceptors (Lipinski definition) is 4. The molecule has 1 aliphatic heterocycles. The van der Waals surface area contributed by atoms with Crippen LogP contribution in [0.15, 0.2) is 66.7 Å². The van der Waals surface area contributed by atoms with Crippen LogP contribution in [0.25, 0.3) is 26.9 Å². The van der Waals surface area contributed by atoms with E-state index in [1.807, 2.05) is 30.3 Å². The molecule has 0 bridgehead atoms. The molecular weight excluding hydrogens is 407 g/mol. The molecule has 0 amide bonds. The molecule has 0 aliphatic carbocycles. The quantitative estimate of drug-likeness (QED) is 0.435. The van der Waals surface area contributed by atoms with Crippen molar-refractivity contribution in [3.05, 3.63) is 88.4 Å². The Kier molecular flexibility index (Phi) is 4.64. The van der Waals surface area contributed by atoms with E-state index < -0.39 is 11.9 Å². The Balaban J connectivity index is 1.53. The Morgan fingerprint density at radius 1 is 0.933 bits per heavy atom. The van der Waals surface area contributed by atoms with Crippen LogP contribution in [-0.4, -0.2) is 16.7 Å². The van der Waals surface area contributed by atoms with Crippen molar-refractivity contribution in [2.75, 3.05) is 6.54 Å². The fourth-order valence-corrected chi connectivity index (χ4v) is 4.76. The van der Waals surface area contributed by atoms with Crippen molar-refractivity contribution in [2.24, 2.45) is 0 Å². The lowest BCUT2D eigenvalue weighted by molar-refractivity contribution is -0.141. The number of halogens is 3.